The number of hydrogen-bond donors (Lipinski definition) is 2. The minimum absolute atomic E-state index is 0.128. The highest BCUT2D eigenvalue weighted by molar-refractivity contribution is 7.17. The first-order valence-electron chi connectivity index (χ1n) is 8.86. The number of nitrogens with one attached hydrogen (secondary N) is 2. The number of aromatic nitrogens is 2. The fraction of sp³-hybridized carbons (Fsp3) is 0.300. The maximum atomic E-state index is 12.6. The van der Waals surface area contributed by atoms with Gasteiger partial charge in [-0.15, -0.1) is 11.3 Å². The largest absolute Gasteiger partial charge is 0.456 e. The van der Waals surface area contributed by atoms with Gasteiger partial charge in [-0.05, 0) is 11.5 Å². The number of aromatic amines is 1. The molecular weight excluding hydrogens is 378 g/mol. The van der Waals surface area contributed by atoms with Crippen LogP contribution in [0.5, 0.6) is 0 Å². The van der Waals surface area contributed by atoms with E-state index in [-0.39, 0.29) is 29.8 Å². The maximum Gasteiger partial charge on any atom is 0.329 e. The van der Waals surface area contributed by atoms with Gasteiger partial charge in [0.15, 0.2) is 0 Å². The zero-order valence-electron chi connectivity index (χ0n) is 15.8. The quantitative estimate of drug-likeness (QED) is 0.621. The monoisotopic (exact) mass is 399 g/mol. The van der Waals surface area contributed by atoms with Crippen LogP contribution in [0.2, 0.25) is 0 Å². The zero-order chi connectivity index (χ0) is 20.3. The van der Waals surface area contributed by atoms with Crippen molar-refractivity contribution in [1.29, 1.82) is 0 Å². The summed E-state index contributed by atoms with van der Waals surface area (Å²) in [6, 6.07) is 8.86. The van der Waals surface area contributed by atoms with Crippen LogP contribution in [0, 0.1) is 5.92 Å². The Bertz CT molecular complexity index is 1060. The molecule has 0 fully saturated rings. The second-order valence-electron chi connectivity index (χ2n) is 6.74. The summed E-state index contributed by atoms with van der Waals surface area (Å²) in [6.07, 6.45) is 0. The van der Waals surface area contributed by atoms with Crippen LogP contribution in [0.1, 0.15) is 26.6 Å². The molecule has 0 radical (unpaired) electrons. The van der Waals surface area contributed by atoms with E-state index in [9.17, 15) is 14.4 Å². The molecule has 0 unspecified atom stereocenters. The summed E-state index contributed by atoms with van der Waals surface area (Å²) in [4.78, 5) is 43.8. The van der Waals surface area contributed by atoms with E-state index in [0.717, 1.165) is 11.1 Å². The molecule has 3 rings (SSSR count). The van der Waals surface area contributed by atoms with Crippen molar-refractivity contribution in [2.75, 3.05) is 0 Å². The van der Waals surface area contributed by atoms with Crippen LogP contribution in [0.25, 0.3) is 21.3 Å². The molecule has 28 heavy (non-hydrogen) atoms. The van der Waals surface area contributed by atoms with E-state index < -0.39 is 12.0 Å². The molecular formula is C20H21N3O4S. The van der Waals surface area contributed by atoms with E-state index >= 15 is 0 Å². The number of H-pyrrole nitrogens is 1. The standard InChI is InChI=1S/C20H21N3O4S/c1-11(2)17(21-12(3)24)20(26)27-9-15-22-18(25)16-14(10-28-19(16)23-15)13-7-5-4-6-8-13/h4-8,10-11,17H,9H2,1-3H3,(H,21,24)(H,22,23,25)/t17-/m0/s1. The molecule has 3 aromatic rings. The lowest BCUT2D eigenvalue weighted by atomic mass is 10.0. The molecule has 0 bridgehead atoms. The van der Waals surface area contributed by atoms with Gasteiger partial charge in [0.05, 0.1) is 5.39 Å². The van der Waals surface area contributed by atoms with Crippen LogP contribution < -0.4 is 10.9 Å². The molecule has 0 spiro atoms. The minimum atomic E-state index is -0.751. The van der Waals surface area contributed by atoms with Crippen LogP contribution in [0.4, 0.5) is 0 Å². The second kappa shape index (κ2) is 8.35. The average molecular weight is 399 g/mol. The predicted molar refractivity (Wildman–Crippen MR) is 108 cm³/mol. The van der Waals surface area contributed by atoms with Crippen molar-refractivity contribution in [3.05, 3.63) is 51.9 Å². The van der Waals surface area contributed by atoms with Gasteiger partial charge in [0, 0.05) is 17.9 Å². The lowest BCUT2D eigenvalue weighted by molar-refractivity contribution is -0.150. The molecule has 146 valence electrons. The summed E-state index contributed by atoms with van der Waals surface area (Å²) in [5, 5.41) is 4.98. The van der Waals surface area contributed by atoms with Crippen LogP contribution >= 0.6 is 11.3 Å². The topological polar surface area (TPSA) is 101 Å². The number of carbonyl (C=O) groups excluding carboxylic acids is 2. The molecule has 0 saturated heterocycles. The van der Waals surface area contributed by atoms with Gasteiger partial charge in [0.25, 0.3) is 5.56 Å². The highest BCUT2D eigenvalue weighted by Gasteiger charge is 2.25. The van der Waals surface area contributed by atoms with Crippen molar-refractivity contribution in [2.24, 2.45) is 5.92 Å². The van der Waals surface area contributed by atoms with Crippen LogP contribution in [-0.2, 0) is 20.9 Å². The van der Waals surface area contributed by atoms with Gasteiger partial charge in [-0.3, -0.25) is 9.59 Å². The normalized spacial score (nSPS) is 12.1. The third kappa shape index (κ3) is 4.28. The van der Waals surface area contributed by atoms with Gasteiger partial charge in [-0.2, -0.15) is 0 Å². The summed E-state index contributed by atoms with van der Waals surface area (Å²) in [7, 11) is 0. The maximum absolute atomic E-state index is 12.6. The fourth-order valence-electron chi connectivity index (χ4n) is 2.84. The van der Waals surface area contributed by atoms with Gasteiger partial charge < -0.3 is 15.0 Å². The van der Waals surface area contributed by atoms with E-state index in [1.54, 1.807) is 0 Å². The van der Waals surface area contributed by atoms with E-state index in [4.69, 9.17) is 4.74 Å². The van der Waals surface area contributed by atoms with Crippen molar-refractivity contribution in [3.8, 4) is 11.1 Å². The lowest BCUT2D eigenvalue weighted by Gasteiger charge is -2.19. The number of benzene rings is 1. The fourth-order valence-corrected chi connectivity index (χ4v) is 3.80. The Labute approximate surface area is 165 Å². The summed E-state index contributed by atoms with van der Waals surface area (Å²) in [5.41, 5.74) is 1.48. The van der Waals surface area contributed by atoms with Crippen molar-refractivity contribution < 1.29 is 14.3 Å². The molecule has 7 nitrogen and oxygen atoms in total. The molecule has 2 heterocycles. The smallest absolute Gasteiger partial charge is 0.329 e. The number of nitrogens with zero attached hydrogens (tertiary/aromatic N) is 1. The summed E-state index contributed by atoms with van der Waals surface area (Å²) in [5.74, 6) is -0.742. The summed E-state index contributed by atoms with van der Waals surface area (Å²) < 4.78 is 5.27. The van der Waals surface area contributed by atoms with Crippen LogP contribution in [0.3, 0.4) is 0 Å². The van der Waals surface area contributed by atoms with E-state index in [0.29, 0.717) is 10.2 Å². The average Bonchev–Trinajstić information content (AvgIpc) is 3.09. The van der Waals surface area contributed by atoms with Crippen LogP contribution in [-0.4, -0.2) is 27.9 Å². The van der Waals surface area contributed by atoms with Gasteiger partial charge in [0.2, 0.25) is 5.91 Å². The predicted octanol–water partition coefficient (Wildman–Crippen LogP) is 2.86. The Morgan fingerprint density at radius 2 is 1.96 bits per heavy atom. The molecule has 0 aliphatic heterocycles. The number of fused-ring (bicyclic) bond motifs is 1. The van der Waals surface area contributed by atoms with Crippen molar-refractivity contribution in [2.45, 2.75) is 33.4 Å². The van der Waals surface area contributed by atoms with Gasteiger partial charge in [-0.1, -0.05) is 44.2 Å². The third-order valence-electron chi connectivity index (χ3n) is 4.21. The highest BCUT2D eigenvalue weighted by atomic mass is 32.1. The van der Waals surface area contributed by atoms with E-state index in [2.05, 4.69) is 15.3 Å². The first kappa shape index (κ1) is 19.8. The Morgan fingerprint density at radius 3 is 2.61 bits per heavy atom. The first-order chi connectivity index (χ1) is 13.4. The molecule has 2 aromatic heterocycles. The second-order valence-corrected chi connectivity index (χ2v) is 7.60. The third-order valence-corrected chi connectivity index (χ3v) is 5.08. The number of esters is 1. The molecule has 0 aliphatic carbocycles. The molecule has 2 N–H and O–H groups in total. The lowest BCUT2D eigenvalue weighted by Crippen LogP contribution is -2.44. The molecule has 1 atom stereocenters. The first-order valence-corrected chi connectivity index (χ1v) is 9.74. The Balaban J connectivity index is 1.81. The molecule has 0 aliphatic rings. The Hall–Kier alpha value is -3.00. The van der Waals surface area contributed by atoms with Gasteiger partial charge in [-0.25, -0.2) is 9.78 Å². The molecule has 1 aromatic carbocycles. The zero-order valence-corrected chi connectivity index (χ0v) is 16.6. The van der Waals surface area contributed by atoms with Crippen LogP contribution in [0.15, 0.2) is 40.5 Å². The number of ether oxygens (including phenoxy) is 1. The summed E-state index contributed by atoms with van der Waals surface area (Å²) in [6.45, 7) is 4.79. The highest BCUT2D eigenvalue weighted by Crippen LogP contribution is 2.30. The number of thiophene rings is 1. The SMILES string of the molecule is CC(=O)N[C@H](C(=O)OCc1nc2scc(-c3ccccc3)c2c(=O)[nH]1)C(C)C. The Morgan fingerprint density at radius 1 is 1.25 bits per heavy atom. The number of hydrogen-bond acceptors (Lipinski definition) is 6. The number of amides is 1. The van der Waals surface area contributed by atoms with Gasteiger partial charge in [0.1, 0.15) is 23.3 Å². The van der Waals surface area contributed by atoms with Gasteiger partial charge >= 0.3 is 5.97 Å². The van der Waals surface area contributed by atoms with Crippen molar-refractivity contribution >= 4 is 33.4 Å². The van der Waals surface area contributed by atoms with E-state index in [1.165, 1.54) is 18.3 Å². The number of rotatable bonds is 6. The van der Waals surface area contributed by atoms with E-state index in [1.807, 2.05) is 49.6 Å². The molecule has 1 amide bonds. The molecule has 8 heteroatoms. The number of carbonyl (C=O) groups is 2. The van der Waals surface area contributed by atoms with Crippen molar-refractivity contribution in [3.63, 3.8) is 0 Å². The Kier molecular flexibility index (Phi) is 5.89. The summed E-state index contributed by atoms with van der Waals surface area (Å²) >= 11 is 1.36. The minimum Gasteiger partial charge on any atom is -0.456 e. The molecule has 0 saturated carbocycles. The van der Waals surface area contributed by atoms with Crippen molar-refractivity contribution in [1.82, 2.24) is 15.3 Å².